The van der Waals surface area contributed by atoms with Gasteiger partial charge in [0, 0.05) is 28.4 Å². The standard InChI is InChI=1S/C53H43N/c1-6-15-41-35(3)52(4,5)50-32-38(28-30-45(41)50)54(37-26-24-36(25-27-37)40-17-8-7-16-34(40)2)39-29-31-46-44-20-11-14-23-49(44)53(51(46)33-39)47-21-12-9-18-42(47)43-19-10-13-22-48(43)53/h6-34,40H,1,3H2,2,4-5H3/b41-15+. The van der Waals surface area contributed by atoms with E-state index in [1.807, 2.05) is 6.08 Å². The Labute approximate surface area is 319 Å². The van der Waals surface area contributed by atoms with Gasteiger partial charge in [-0.25, -0.2) is 0 Å². The van der Waals surface area contributed by atoms with Crippen molar-refractivity contribution in [3.05, 3.63) is 228 Å². The van der Waals surface area contributed by atoms with E-state index in [1.54, 1.807) is 0 Å². The van der Waals surface area contributed by atoms with Crippen LogP contribution < -0.4 is 4.90 Å². The third kappa shape index (κ3) is 4.39. The van der Waals surface area contributed by atoms with Gasteiger partial charge in [0.15, 0.2) is 0 Å². The molecular weight excluding hydrogens is 651 g/mol. The number of allylic oxidation sites excluding steroid dienone is 8. The molecule has 0 aromatic heterocycles. The first-order valence-electron chi connectivity index (χ1n) is 19.2. The Hall–Kier alpha value is -6.18. The van der Waals surface area contributed by atoms with Gasteiger partial charge in [-0.15, -0.1) is 0 Å². The van der Waals surface area contributed by atoms with Crippen molar-refractivity contribution in [1.82, 2.24) is 0 Å². The number of rotatable bonds is 5. The van der Waals surface area contributed by atoms with Crippen molar-refractivity contribution in [3.8, 4) is 22.3 Å². The van der Waals surface area contributed by atoms with Gasteiger partial charge >= 0.3 is 0 Å². The summed E-state index contributed by atoms with van der Waals surface area (Å²) in [6.45, 7) is 15.5. The maximum Gasteiger partial charge on any atom is 0.0726 e. The van der Waals surface area contributed by atoms with Crippen molar-refractivity contribution >= 4 is 22.6 Å². The molecule has 54 heavy (non-hydrogen) atoms. The summed E-state index contributed by atoms with van der Waals surface area (Å²) < 4.78 is 0. The zero-order valence-corrected chi connectivity index (χ0v) is 31.2. The Morgan fingerprint density at radius 1 is 0.556 bits per heavy atom. The second-order valence-electron chi connectivity index (χ2n) is 15.8. The maximum absolute atomic E-state index is 4.57. The van der Waals surface area contributed by atoms with Gasteiger partial charge < -0.3 is 4.90 Å². The molecular formula is C53H43N. The van der Waals surface area contributed by atoms with Crippen LogP contribution in [-0.2, 0) is 10.8 Å². The lowest BCUT2D eigenvalue weighted by atomic mass is 9.70. The highest BCUT2D eigenvalue weighted by molar-refractivity contribution is 5.97. The maximum atomic E-state index is 4.57. The Morgan fingerprint density at radius 3 is 1.63 bits per heavy atom. The molecule has 0 amide bonds. The largest absolute Gasteiger partial charge is 0.310 e. The molecule has 4 aliphatic rings. The average Bonchev–Trinajstić information content (AvgIpc) is 3.74. The summed E-state index contributed by atoms with van der Waals surface area (Å²) in [4.78, 5) is 2.46. The summed E-state index contributed by atoms with van der Waals surface area (Å²) >= 11 is 0. The van der Waals surface area contributed by atoms with E-state index < -0.39 is 5.41 Å². The van der Waals surface area contributed by atoms with E-state index in [4.69, 9.17) is 0 Å². The minimum Gasteiger partial charge on any atom is -0.310 e. The third-order valence-corrected chi connectivity index (χ3v) is 12.8. The molecule has 0 radical (unpaired) electrons. The highest BCUT2D eigenvalue weighted by Crippen LogP contribution is 2.63. The average molecular weight is 694 g/mol. The van der Waals surface area contributed by atoms with Crippen LogP contribution >= 0.6 is 0 Å². The zero-order chi connectivity index (χ0) is 36.8. The summed E-state index contributed by atoms with van der Waals surface area (Å²) in [5, 5.41) is 0. The van der Waals surface area contributed by atoms with Crippen LogP contribution in [0.25, 0.3) is 27.8 Å². The highest BCUT2D eigenvalue weighted by atomic mass is 15.1. The van der Waals surface area contributed by atoms with Crippen molar-refractivity contribution in [1.29, 1.82) is 0 Å². The Balaban J connectivity index is 1.21. The molecule has 1 heteroatoms. The van der Waals surface area contributed by atoms with E-state index in [9.17, 15) is 0 Å². The lowest BCUT2D eigenvalue weighted by Crippen LogP contribution is -2.26. The number of benzene rings is 6. The van der Waals surface area contributed by atoms with Gasteiger partial charge in [-0.3, -0.25) is 0 Å². The van der Waals surface area contributed by atoms with Crippen molar-refractivity contribution in [2.45, 2.75) is 37.5 Å². The van der Waals surface area contributed by atoms with Crippen LogP contribution in [0.5, 0.6) is 0 Å². The summed E-state index contributed by atoms with van der Waals surface area (Å²) in [6, 6.07) is 50.5. The van der Waals surface area contributed by atoms with Crippen LogP contribution in [0.15, 0.2) is 189 Å². The molecule has 1 nitrogen and oxygen atoms in total. The van der Waals surface area contributed by atoms with E-state index in [2.05, 4.69) is 203 Å². The molecule has 2 atom stereocenters. The van der Waals surface area contributed by atoms with E-state index in [0.717, 1.165) is 22.6 Å². The summed E-state index contributed by atoms with van der Waals surface area (Å²) in [5.41, 5.74) is 19.6. The second-order valence-corrected chi connectivity index (χ2v) is 15.8. The number of fused-ring (bicyclic) bond motifs is 11. The SMILES string of the molecule is C=C/C=C1\C(=C)C(C)(C)c2cc(N(c3ccc(C4C=CC=CC4C)cc3)c3ccc4c(c3)C3(c5ccccc5-c5ccccc53)c3ccccc3-4)ccc21. The van der Waals surface area contributed by atoms with Gasteiger partial charge in [0.05, 0.1) is 5.41 Å². The molecule has 0 N–H and O–H groups in total. The molecule has 0 aliphatic heterocycles. The fourth-order valence-electron chi connectivity index (χ4n) is 10.0. The summed E-state index contributed by atoms with van der Waals surface area (Å²) in [5.74, 6) is 0.814. The first kappa shape index (κ1) is 32.5. The zero-order valence-electron chi connectivity index (χ0n) is 31.2. The predicted octanol–water partition coefficient (Wildman–Crippen LogP) is 13.8. The van der Waals surface area contributed by atoms with Crippen LogP contribution in [0.1, 0.15) is 65.6 Å². The first-order valence-corrected chi connectivity index (χ1v) is 19.2. The molecule has 0 bridgehead atoms. The lowest BCUT2D eigenvalue weighted by Gasteiger charge is -2.32. The third-order valence-electron chi connectivity index (χ3n) is 12.8. The van der Waals surface area contributed by atoms with E-state index in [1.165, 1.54) is 66.8 Å². The van der Waals surface area contributed by atoms with Gasteiger partial charge in [-0.05, 0) is 115 Å². The van der Waals surface area contributed by atoms with Gasteiger partial charge in [0.1, 0.15) is 0 Å². The first-order chi connectivity index (χ1) is 26.3. The number of anilines is 3. The number of nitrogens with zero attached hydrogens (tertiary/aromatic N) is 1. The molecule has 4 aliphatic carbocycles. The molecule has 6 aromatic carbocycles. The quantitative estimate of drug-likeness (QED) is 0.173. The van der Waals surface area contributed by atoms with E-state index >= 15 is 0 Å². The normalized spacial score (nSPS) is 19.7. The Bertz CT molecular complexity index is 2580. The summed E-state index contributed by atoms with van der Waals surface area (Å²) in [7, 11) is 0. The van der Waals surface area contributed by atoms with Gasteiger partial charge in [-0.1, -0.05) is 167 Å². The minimum absolute atomic E-state index is 0.215. The lowest BCUT2D eigenvalue weighted by molar-refractivity contribution is 0.635. The Morgan fingerprint density at radius 2 is 1.06 bits per heavy atom. The number of hydrogen-bond donors (Lipinski definition) is 0. The molecule has 0 fully saturated rings. The van der Waals surface area contributed by atoms with Crippen molar-refractivity contribution < 1.29 is 0 Å². The van der Waals surface area contributed by atoms with Crippen LogP contribution in [0, 0.1) is 5.92 Å². The monoisotopic (exact) mass is 693 g/mol. The van der Waals surface area contributed by atoms with Crippen molar-refractivity contribution in [3.63, 3.8) is 0 Å². The minimum atomic E-state index is -0.413. The molecule has 0 saturated carbocycles. The Kier molecular flexibility index (Phi) is 7.17. The van der Waals surface area contributed by atoms with Gasteiger partial charge in [0.25, 0.3) is 0 Å². The van der Waals surface area contributed by atoms with Crippen molar-refractivity contribution in [2.24, 2.45) is 5.92 Å². The molecule has 2 unspecified atom stereocenters. The fraction of sp³-hybridized carbons (Fsp3) is 0.132. The topological polar surface area (TPSA) is 3.24 Å². The predicted molar refractivity (Wildman–Crippen MR) is 228 cm³/mol. The molecule has 1 spiro atoms. The molecule has 10 rings (SSSR count). The van der Waals surface area contributed by atoms with E-state index in [-0.39, 0.29) is 5.41 Å². The summed E-state index contributed by atoms with van der Waals surface area (Å²) in [6.07, 6.45) is 13.0. The van der Waals surface area contributed by atoms with Gasteiger partial charge in [0.2, 0.25) is 0 Å². The van der Waals surface area contributed by atoms with E-state index in [0.29, 0.717) is 11.8 Å². The fourth-order valence-corrected chi connectivity index (χ4v) is 10.0. The second kappa shape index (κ2) is 11.9. The molecule has 260 valence electrons. The molecule has 0 heterocycles. The van der Waals surface area contributed by atoms with Crippen LogP contribution in [0.3, 0.4) is 0 Å². The van der Waals surface area contributed by atoms with Crippen LogP contribution in [0.4, 0.5) is 17.1 Å². The molecule has 6 aromatic rings. The molecule has 0 saturated heterocycles. The van der Waals surface area contributed by atoms with Crippen LogP contribution in [0.2, 0.25) is 0 Å². The van der Waals surface area contributed by atoms with Gasteiger partial charge in [-0.2, -0.15) is 0 Å². The van der Waals surface area contributed by atoms with Crippen LogP contribution in [-0.4, -0.2) is 0 Å². The number of hydrogen-bond acceptors (Lipinski definition) is 1. The smallest absolute Gasteiger partial charge is 0.0726 e. The highest BCUT2D eigenvalue weighted by Gasteiger charge is 2.51. The van der Waals surface area contributed by atoms with Crippen molar-refractivity contribution in [2.75, 3.05) is 4.90 Å².